The van der Waals surface area contributed by atoms with Gasteiger partial charge in [-0.3, -0.25) is 14.2 Å². The summed E-state index contributed by atoms with van der Waals surface area (Å²) in [4.78, 5) is 40.4. The van der Waals surface area contributed by atoms with E-state index < -0.39 is 42.6 Å². The Morgan fingerprint density at radius 1 is 1.33 bits per heavy atom. The van der Waals surface area contributed by atoms with E-state index >= 15 is 0 Å². The summed E-state index contributed by atoms with van der Waals surface area (Å²) in [5.74, 6) is -6.20. The smallest absolute Gasteiger partial charge is 0.465 e. The number of carbonyl (C=O) groups excluding carboxylic acids is 2. The summed E-state index contributed by atoms with van der Waals surface area (Å²) in [5.41, 5.74) is 0. The number of alkyl halides is 3. The minimum absolute atomic E-state index is 0.182. The highest BCUT2D eigenvalue weighted by Crippen LogP contribution is 2.47. The van der Waals surface area contributed by atoms with E-state index in [-0.39, 0.29) is 11.5 Å². The maximum Gasteiger partial charge on any atom is 0.471 e. The average Bonchev–Trinajstić information content (AvgIpc) is 2.23. The van der Waals surface area contributed by atoms with Crippen LogP contribution in [-0.2, 0) is 18.9 Å². The summed E-state index contributed by atoms with van der Waals surface area (Å²) >= 11 is 7.10. The van der Waals surface area contributed by atoms with Crippen molar-refractivity contribution in [3.8, 4) is 0 Å². The van der Waals surface area contributed by atoms with Gasteiger partial charge in [0.2, 0.25) is 0 Å². The van der Waals surface area contributed by atoms with E-state index in [0.717, 1.165) is 0 Å². The first-order valence-corrected chi connectivity index (χ1v) is 7.98. The lowest BCUT2D eigenvalue weighted by molar-refractivity contribution is -0.188. The predicted octanol–water partition coefficient (Wildman–Crippen LogP) is 0.630. The first kappa shape index (κ1) is 20.6. The second kappa shape index (κ2) is 7.73. The van der Waals surface area contributed by atoms with Crippen molar-refractivity contribution >= 4 is 44.7 Å². The van der Waals surface area contributed by atoms with Crippen LogP contribution >= 0.6 is 32.9 Å². The summed E-state index contributed by atoms with van der Waals surface area (Å²) < 4.78 is 51.5. The van der Waals surface area contributed by atoms with Crippen LogP contribution in [0.1, 0.15) is 6.92 Å². The second-order valence-corrected chi connectivity index (χ2v) is 6.88. The topological polar surface area (TPSA) is 104 Å². The van der Waals surface area contributed by atoms with Crippen molar-refractivity contribution in [2.45, 2.75) is 23.5 Å². The third-order valence-corrected chi connectivity index (χ3v) is 4.34. The lowest BCUT2D eigenvalue weighted by Gasteiger charge is -2.33. The van der Waals surface area contributed by atoms with Crippen molar-refractivity contribution in [3.63, 3.8) is 0 Å². The van der Waals surface area contributed by atoms with Gasteiger partial charge in [0.25, 0.3) is 0 Å². The highest BCUT2D eigenvalue weighted by molar-refractivity contribution is 7.99. The third kappa shape index (κ3) is 6.47. The molecule has 0 aromatic rings. The number of carbonyl (C=O) groups is 2. The monoisotopic (exact) mass is 371 g/mol. The van der Waals surface area contributed by atoms with E-state index in [1.54, 1.807) is 0 Å². The number of hydrogen-bond acceptors (Lipinski definition) is 6. The standard InChI is InChI=1S/C8H13F3NO6PS2/c1-2-18-4(13)3-12(7(14)8(9,10)11)5(6(20)21)19(15,16)17/h5-6,20-21H,2-3H2,1H3,(H2,15,16,17). The molecule has 0 aliphatic rings. The van der Waals surface area contributed by atoms with Gasteiger partial charge in [0.15, 0.2) is 5.78 Å². The van der Waals surface area contributed by atoms with Gasteiger partial charge in [-0.2, -0.15) is 38.4 Å². The molecule has 0 aromatic carbocycles. The van der Waals surface area contributed by atoms with Gasteiger partial charge < -0.3 is 19.4 Å². The number of halogens is 3. The van der Waals surface area contributed by atoms with Crippen LogP contribution < -0.4 is 0 Å². The number of ether oxygens (including phenoxy) is 1. The van der Waals surface area contributed by atoms with E-state index in [4.69, 9.17) is 9.79 Å². The summed E-state index contributed by atoms with van der Waals surface area (Å²) in [6.07, 6.45) is -5.43. The van der Waals surface area contributed by atoms with E-state index in [2.05, 4.69) is 30.0 Å². The minimum Gasteiger partial charge on any atom is -0.465 e. The molecule has 0 aliphatic carbocycles. The number of hydrogen-bond donors (Lipinski definition) is 4. The van der Waals surface area contributed by atoms with Gasteiger partial charge in [-0.25, -0.2) is 0 Å². The van der Waals surface area contributed by atoms with E-state index in [1.807, 2.05) is 0 Å². The zero-order valence-corrected chi connectivity index (χ0v) is 13.2. The van der Waals surface area contributed by atoms with Crippen LogP contribution in [0.3, 0.4) is 0 Å². The number of esters is 1. The van der Waals surface area contributed by atoms with Gasteiger partial charge in [0.1, 0.15) is 6.54 Å². The van der Waals surface area contributed by atoms with Gasteiger partial charge in [-0.1, -0.05) is 0 Å². The van der Waals surface area contributed by atoms with Crippen LogP contribution in [-0.4, -0.2) is 56.3 Å². The van der Waals surface area contributed by atoms with Crippen LogP contribution in [0.25, 0.3) is 0 Å². The maximum absolute atomic E-state index is 12.5. The number of thiol groups is 2. The fourth-order valence-electron chi connectivity index (χ4n) is 1.31. The molecule has 1 amide bonds. The van der Waals surface area contributed by atoms with E-state index in [0.29, 0.717) is 0 Å². The molecule has 13 heteroatoms. The Labute approximate surface area is 128 Å². The molecule has 0 saturated heterocycles. The molecular weight excluding hydrogens is 358 g/mol. The highest BCUT2D eigenvalue weighted by atomic mass is 32.2. The van der Waals surface area contributed by atoms with Crippen molar-refractivity contribution < 1.29 is 41.8 Å². The number of nitrogens with zero attached hydrogens (tertiary/aromatic N) is 1. The Morgan fingerprint density at radius 3 is 2.10 bits per heavy atom. The SMILES string of the molecule is CCOC(=O)CN(C(=O)C(F)(F)F)C(C(S)S)P(=O)(O)O. The molecule has 0 bridgehead atoms. The Bertz CT molecular complexity index is 440. The summed E-state index contributed by atoms with van der Waals surface area (Å²) in [6, 6.07) is 0. The quantitative estimate of drug-likeness (QED) is 0.236. The van der Waals surface area contributed by atoms with Crippen LogP contribution in [0.4, 0.5) is 13.2 Å². The van der Waals surface area contributed by atoms with Crippen molar-refractivity contribution in [2.24, 2.45) is 0 Å². The molecule has 21 heavy (non-hydrogen) atoms. The Balaban J connectivity index is 5.62. The first-order chi connectivity index (χ1) is 9.32. The average molecular weight is 371 g/mol. The molecule has 0 radical (unpaired) electrons. The van der Waals surface area contributed by atoms with Gasteiger partial charge in [0, 0.05) is 0 Å². The molecule has 2 N–H and O–H groups in total. The molecule has 1 atom stereocenters. The molecule has 0 saturated carbocycles. The predicted molar refractivity (Wildman–Crippen MR) is 72.0 cm³/mol. The van der Waals surface area contributed by atoms with Gasteiger partial charge in [-0.15, -0.1) is 0 Å². The molecule has 124 valence electrons. The lowest BCUT2D eigenvalue weighted by Crippen LogP contribution is -2.51. The Kier molecular flexibility index (Phi) is 7.57. The summed E-state index contributed by atoms with van der Waals surface area (Å²) in [5, 5.41) is 0. The molecular formula is C8H13F3NO6PS2. The van der Waals surface area contributed by atoms with Crippen LogP contribution in [0.2, 0.25) is 0 Å². The summed E-state index contributed by atoms with van der Waals surface area (Å²) in [6.45, 7) is -0.105. The summed E-state index contributed by atoms with van der Waals surface area (Å²) in [7, 11) is -5.24. The van der Waals surface area contributed by atoms with Crippen molar-refractivity contribution in [1.29, 1.82) is 0 Å². The Morgan fingerprint density at radius 2 is 1.81 bits per heavy atom. The van der Waals surface area contributed by atoms with Crippen LogP contribution in [0, 0.1) is 0 Å². The lowest BCUT2D eigenvalue weighted by atomic mass is 10.4. The molecule has 1 unspecified atom stereocenters. The largest absolute Gasteiger partial charge is 0.471 e. The normalized spacial score (nSPS) is 14.0. The zero-order valence-electron chi connectivity index (χ0n) is 10.5. The number of amides is 1. The zero-order chi connectivity index (χ0) is 17.0. The minimum atomic E-state index is -5.43. The van der Waals surface area contributed by atoms with Crippen molar-refractivity contribution in [3.05, 3.63) is 0 Å². The highest BCUT2D eigenvalue weighted by Gasteiger charge is 2.50. The number of rotatable bonds is 6. The van der Waals surface area contributed by atoms with E-state index in [1.165, 1.54) is 6.92 Å². The Hall–Kier alpha value is -0.420. The molecule has 0 aromatic heterocycles. The third-order valence-electron chi connectivity index (χ3n) is 2.04. The van der Waals surface area contributed by atoms with E-state index in [9.17, 15) is 27.3 Å². The molecule has 0 aliphatic heterocycles. The van der Waals surface area contributed by atoms with Gasteiger partial charge in [0.05, 0.1) is 11.2 Å². The van der Waals surface area contributed by atoms with Gasteiger partial charge in [-0.05, 0) is 6.92 Å². The fraction of sp³-hybridized carbons (Fsp3) is 0.750. The fourth-order valence-corrected chi connectivity index (χ4v) is 3.57. The van der Waals surface area contributed by atoms with Crippen LogP contribution in [0.5, 0.6) is 0 Å². The van der Waals surface area contributed by atoms with Crippen LogP contribution in [0.15, 0.2) is 0 Å². The molecule has 0 rings (SSSR count). The van der Waals surface area contributed by atoms with Gasteiger partial charge >= 0.3 is 25.6 Å². The molecule has 0 fully saturated rings. The van der Waals surface area contributed by atoms with Crippen molar-refractivity contribution in [2.75, 3.05) is 13.2 Å². The second-order valence-electron chi connectivity index (χ2n) is 3.65. The van der Waals surface area contributed by atoms with Crippen molar-refractivity contribution in [1.82, 2.24) is 4.90 Å². The molecule has 7 nitrogen and oxygen atoms in total. The maximum atomic E-state index is 12.5. The molecule has 0 heterocycles. The first-order valence-electron chi connectivity index (χ1n) is 5.27. The molecule has 0 spiro atoms.